The molecular weight excluding hydrogens is 618 g/mol. The fraction of sp³-hybridized carbons (Fsp3) is 0.312. The van der Waals surface area contributed by atoms with Crippen molar-refractivity contribution in [2.45, 2.75) is 31.1 Å². The molecule has 0 atom stereocenters. The molecule has 4 aromatic rings. The van der Waals surface area contributed by atoms with E-state index in [1.165, 1.54) is 35.7 Å². The van der Waals surface area contributed by atoms with Gasteiger partial charge in [0.25, 0.3) is 0 Å². The van der Waals surface area contributed by atoms with Gasteiger partial charge >= 0.3 is 0 Å². The molecule has 0 spiro atoms. The summed E-state index contributed by atoms with van der Waals surface area (Å²) in [6.45, 7) is 2.59. The highest BCUT2D eigenvalue weighted by Crippen LogP contribution is 2.34. The maximum atomic E-state index is 13.8. The summed E-state index contributed by atoms with van der Waals surface area (Å²) in [6, 6.07) is 17.9. The summed E-state index contributed by atoms with van der Waals surface area (Å²) in [4.78, 5) is 28.8. The van der Waals surface area contributed by atoms with Crippen LogP contribution in [0, 0.1) is 17.7 Å². The minimum absolute atomic E-state index is 0.0700. The molecule has 236 valence electrons. The first kappa shape index (κ1) is 32.1. The number of halogens is 1. The number of aryl methyl sites for hydroxylation is 1. The number of carbonyl (C=O) groups is 1. The molecule has 3 aromatic carbocycles. The fourth-order valence-electron chi connectivity index (χ4n) is 4.76. The summed E-state index contributed by atoms with van der Waals surface area (Å²) in [5.41, 5.74) is 2.90. The highest BCUT2D eigenvalue weighted by Gasteiger charge is 2.26. The van der Waals surface area contributed by atoms with E-state index in [9.17, 15) is 18.1 Å². The van der Waals surface area contributed by atoms with Gasteiger partial charge in [-0.25, -0.2) is 8.42 Å². The molecule has 0 radical (unpaired) electrons. The zero-order valence-corrected chi connectivity index (χ0v) is 26.5. The van der Waals surface area contributed by atoms with Gasteiger partial charge in [0.15, 0.2) is 0 Å². The maximum absolute atomic E-state index is 13.8. The van der Waals surface area contributed by atoms with Crippen molar-refractivity contribution >= 4 is 55.5 Å². The van der Waals surface area contributed by atoms with Gasteiger partial charge in [-0.3, -0.25) is 9.78 Å². The summed E-state index contributed by atoms with van der Waals surface area (Å²) in [7, 11) is -2.48. The number of ether oxygens (including phenoxy) is 2. The van der Waals surface area contributed by atoms with E-state index in [-0.39, 0.29) is 36.6 Å². The second-order valence-corrected chi connectivity index (χ2v) is 13.2. The van der Waals surface area contributed by atoms with Gasteiger partial charge in [-0.05, 0) is 91.5 Å². The first-order valence-corrected chi connectivity index (χ1v) is 16.3. The Morgan fingerprint density at radius 1 is 1.04 bits per heavy atom. The van der Waals surface area contributed by atoms with Crippen LogP contribution in [0.1, 0.15) is 25.0 Å². The number of nitrogens with one attached hydrogen (secondary N) is 2. The van der Waals surface area contributed by atoms with Gasteiger partial charge in [-0.2, -0.15) is 4.31 Å². The second-order valence-electron chi connectivity index (χ2n) is 10.8. The predicted molar refractivity (Wildman–Crippen MR) is 175 cm³/mol. The number of fused-ring (bicyclic) bond motifs is 1. The summed E-state index contributed by atoms with van der Waals surface area (Å²) in [5, 5.41) is 10.5. The standard InChI is InChI=1S/C32H34ClN5O6S/c1-21-17-30(27-18-23(33)5-11-28(27)35-21)34-14-16-38(45(41,42)26-9-7-25(43-2)8-10-26)15-13-32(39)36-29-12-6-24(37-40)19-31(29)44-20-22-3-4-22/h5-12,17-19,22H,3-4,13-16,20H2,1-2H3,(H,34,35)(H,36,39). The number of sulfonamides is 1. The van der Waals surface area contributed by atoms with E-state index in [1.54, 1.807) is 24.3 Å². The normalized spacial score (nSPS) is 13.1. The SMILES string of the molecule is COc1ccc(S(=O)(=O)N(CCNc2cc(C)nc3ccc(Cl)cc23)CCC(=O)Nc2ccc(N=O)cc2OCC2CC2)cc1. The molecule has 1 saturated carbocycles. The van der Waals surface area contributed by atoms with Crippen LogP contribution in [-0.4, -0.2) is 57.0 Å². The van der Waals surface area contributed by atoms with Crippen molar-refractivity contribution in [3.05, 3.63) is 82.4 Å². The molecule has 1 fully saturated rings. The van der Waals surface area contributed by atoms with E-state index in [0.717, 1.165) is 35.1 Å². The van der Waals surface area contributed by atoms with Crippen LogP contribution in [0.15, 0.2) is 76.8 Å². The molecule has 1 heterocycles. The van der Waals surface area contributed by atoms with E-state index in [2.05, 4.69) is 20.8 Å². The number of amides is 1. The van der Waals surface area contributed by atoms with Gasteiger partial charge in [0.2, 0.25) is 15.9 Å². The molecule has 1 aromatic heterocycles. The van der Waals surface area contributed by atoms with Crippen LogP contribution in [0.2, 0.25) is 5.02 Å². The predicted octanol–water partition coefficient (Wildman–Crippen LogP) is 6.52. The summed E-state index contributed by atoms with van der Waals surface area (Å²) >= 11 is 6.24. The van der Waals surface area contributed by atoms with Gasteiger partial charge in [-0.15, -0.1) is 4.91 Å². The van der Waals surface area contributed by atoms with Crippen LogP contribution in [0.3, 0.4) is 0 Å². The summed E-state index contributed by atoms with van der Waals surface area (Å²) in [6.07, 6.45) is 2.02. The summed E-state index contributed by atoms with van der Waals surface area (Å²) in [5.74, 6) is 0.916. The van der Waals surface area contributed by atoms with Gasteiger partial charge in [-0.1, -0.05) is 11.6 Å². The number of benzene rings is 3. The Morgan fingerprint density at radius 2 is 1.82 bits per heavy atom. The zero-order valence-electron chi connectivity index (χ0n) is 25.0. The third-order valence-electron chi connectivity index (χ3n) is 7.38. The molecule has 1 amide bonds. The topological polar surface area (TPSA) is 139 Å². The number of hydrogen-bond acceptors (Lipinski definition) is 9. The average molecular weight is 652 g/mol. The monoisotopic (exact) mass is 651 g/mol. The Morgan fingerprint density at radius 3 is 2.53 bits per heavy atom. The van der Waals surface area contributed by atoms with E-state index in [4.69, 9.17) is 21.1 Å². The minimum atomic E-state index is -3.98. The molecule has 0 bridgehead atoms. The number of nitrogens with zero attached hydrogens (tertiary/aromatic N) is 3. The Hall–Kier alpha value is -4.26. The van der Waals surface area contributed by atoms with Crippen LogP contribution >= 0.6 is 11.6 Å². The van der Waals surface area contributed by atoms with Crippen molar-refractivity contribution in [3.63, 3.8) is 0 Å². The molecule has 0 saturated heterocycles. The molecule has 13 heteroatoms. The van der Waals surface area contributed by atoms with E-state index in [1.807, 2.05) is 25.1 Å². The number of anilines is 2. The van der Waals surface area contributed by atoms with Crippen LogP contribution in [0.25, 0.3) is 10.9 Å². The number of aromatic nitrogens is 1. The smallest absolute Gasteiger partial charge is 0.243 e. The lowest BCUT2D eigenvalue weighted by atomic mass is 10.1. The van der Waals surface area contributed by atoms with Crippen molar-refractivity contribution in [2.75, 3.05) is 44.0 Å². The van der Waals surface area contributed by atoms with E-state index in [0.29, 0.717) is 34.7 Å². The molecule has 5 rings (SSSR count). The molecule has 0 aliphatic heterocycles. The molecule has 11 nitrogen and oxygen atoms in total. The van der Waals surface area contributed by atoms with E-state index >= 15 is 0 Å². The molecular formula is C32H34ClN5O6S. The molecule has 45 heavy (non-hydrogen) atoms. The van der Waals surface area contributed by atoms with Crippen LogP contribution < -0.4 is 20.1 Å². The lowest BCUT2D eigenvalue weighted by molar-refractivity contribution is -0.116. The average Bonchev–Trinajstić information content (AvgIpc) is 3.87. The van der Waals surface area contributed by atoms with Crippen LogP contribution in [-0.2, 0) is 14.8 Å². The molecule has 2 N–H and O–H groups in total. The first-order valence-electron chi connectivity index (χ1n) is 14.5. The molecule has 1 aliphatic carbocycles. The van der Waals surface area contributed by atoms with Gasteiger partial charge in [0.05, 0.1) is 29.8 Å². The van der Waals surface area contributed by atoms with Crippen LogP contribution in [0.4, 0.5) is 17.1 Å². The number of methoxy groups -OCH3 is 1. The number of pyridine rings is 1. The number of rotatable bonds is 15. The Labute approximate surface area is 266 Å². The number of nitroso groups, excluding NO2 is 1. The fourth-order valence-corrected chi connectivity index (χ4v) is 6.38. The number of carbonyl (C=O) groups excluding carboxylic acids is 1. The highest BCUT2D eigenvalue weighted by molar-refractivity contribution is 7.89. The third kappa shape index (κ3) is 8.27. The quantitative estimate of drug-likeness (QED) is 0.138. The zero-order chi connectivity index (χ0) is 32.0. The van der Waals surface area contributed by atoms with Crippen molar-refractivity contribution in [2.24, 2.45) is 11.1 Å². The van der Waals surface area contributed by atoms with Crippen molar-refractivity contribution < 1.29 is 22.7 Å². The third-order valence-corrected chi connectivity index (χ3v) is 9.53. The van der Waals surface area contributed by atoms with Crippen molar-refractivity contribution in [1.29, 1.82) is 0 Å². The van der Waals surface area contributed by atoms with Crippen molar-refractivity contribution in [1.82, 2.24) is 9.29 Å². The van der Waals surface area contributed by atoms with Gasteiger partial charge < -0.3 is 20.1 Å². The Kier molecular flexibility index (Phi) is 10.2. The Balaban J connectivity index is 1.31. The largest absolute Gasteiger partial charge is 0.497 e. The van der Waals surface area contributed by atoms with Crippen molar-refractivity contribution in [3.8, 4) is 11.5 Å². The minimum Gasteiger partial charge on any atom is -0.497 e. The first-order chi connectivity index (χ1) is 21.7. The molecule has 0 unspecified atom stereocenters. The number of hydrogen-bond donors (Lipinski definition) is 2. The Bertz CT molecular complexity index is 1800. The van der Waals surface area contributed by atoms with E-state index < -0.39 is 15.9 Å². The molecule has 1 aliphatic rings. The highest BCUT2D eigenvalue weighted by atomic mass is 35.5. The lowest BCUT2D eigenvalue weighted by Gasteiger charge is -2.23. The maximum Gasteiger partial charge on any atom is 0.243 e. The second kappa shape index (κ2) is 14.2. The van der Waals surface area contributed by atoms with Gasteiger partial charge in [0, 0.05) is 53.9 Å². The lowest BCUT2D eigenvalue weighted by Crippen LogP contribution is -2.37. The van der Waals surface area contributed by atoms with Gasteiger partial charge in [0.1, 0.15) is 17.2 Å². The summed E-state index contributed by atoms with van der Waals surface area (Å²) < 4.78 is 39.9. The van der Waals surface area contributed by atoms with Crippen LogP contribution in [0.5, 0.6) is 11.5 Å².